The average molecular weight is 531 g/mol. The summed E-state index contributed by atoms with van der Waals surface area (Å²) in [6.07, 6.45) is 0.882. The van der Waals surface area contributed by atoms with Crippen molar-refractivity contribution >= 4 is 29.6 Å². The third kappa shape index (κ3) is 3.38. The number of guanidine groups is 2. The van der Waals surface area contributed by atoms with Gasteiger partial charge in [-0.05, 0) is 12.1 Å². The summed E-state index contributed by atoms with van der Waals surface area (Å²) in [6, 6.07) is 2.08. The fourth-order valence-electron chi connectivity index (χ4n) is 6.03. The largest absolute Gasteiger partial charge is 0.490 e. The minimum Gasteiger partial charge on any atom is -0.490 e. The molecule has 3 amide bonds. The highest BCUT2D eigenvalue weighted by atomic mass is 16.5. The molecule has 0 aliphatic carbocycles. The van der Waals surface area contributed by atoms with Gasteiger partial charge in [-0.1, -0.05) is 6.07 Å². The molecule has 0 radical (unpaired) electrons. The molecule has 202 valence electrons. The normalized spacial score (nSPS) is 31.2. The Kier molecular flexibility index (Phi) is 5.39. The fraction of sp³-hybridized carbons (Fsp3) is 0.522. The van der Waals surface area contributed by atoms with Gasteiger partial charge in [0.05, 0.1) is 31.9 Å². The van der Waals surface area contributed by atoms with Crippen LogP contribution in [0.5, 0.6) is 11.5 Å². The third-order valence-corrected chi connectivity index (χ3v) is 7.81. The number of likely N-dealkylation sites (tertiary alicyclic amines) is 1. The summed E-state index contributed by atoms with van der Waals surface area (Å²) in [5.41, 5.74) is 10.9. The van der Waals surface area contributed by atoms with E-state index >= 15 is 0 Å². The van der Waals surface area contributed by atoms with E-state index in [0.717, 1.165) is 4.90 Å². The van der Waals surface area contributed by atoms with Crippen LogP contribution in [0.1, 0.15) is 29.6 Å². The highest BCUT2D eigenvalue weighted by Crippen LogP contribution is 2.39. The molecule has 15 nitrogen and oxygen atoms in total. The van der Waals surface area contributed by atoms with Crippen LogP contribution in [0.15, 0.2) is 18.2 Å². The third-order valence-electron chi connectivity index (χ3n) is 7.81. The number of benzene rings is 1. The Morgan fingerprint density at radius 1 is 1.21 bits per heavy atom. The second kappa shape index (κ2) is 8.46. The monoisotopic (exact) mass is 530 g/mol. The quantitative estimate of drug-likeness (QED) is 0.104. The first-order valence-electron chi connectivity index (χ1n) is 12.4. The smallest absolute Gasteiger partial charge is 0.347 e. The van der Waals surface area contributed by atoms with Crippen LogP contribution in [0.3, 0.4) is 0 Å². The average Bonchev–Trinajstić information content (AvgIpc) is 3.37. The SMILES string of the molecule is NC1=[NH+][C@H]2[C@H](CN3C(=O)CCC3=O)NC(N)=[N+]3CC(NC(=O)c4cccc5c4OCCCO5)C(O)(O)[C@]23N1. The number of rotatable bonds is 4. The number of carbonyl (C=O) groups is 3. The molecule has 5 aliphatic rings. The molecule has 0 saturated carbocycles. The summed E-state index contributed by atoms with van der Waals surface area (Å²) in [5, 5.41) is 32.0. The Bertz CT molecular complexity index is 1280. The van der Waals surface area contributed by atoms with Gasteiger partial charge >= 0.3 is 11.9 Å². The number of nitrogens with one attached hydrogen (secondary N) is 4. The predicted octanol–water partition coefficient (Wildman–Crippen LogP) is -5.85. The second-order valence-corrected chi connectivity index (χ2v) is 10.0. The number of fused-ring (bicyclic) bond motifs is 1. The van der Waals surface area contributed by atoms with Crippen LogP contribution < -0.4 is 41.9 Å². The summed E-state index contributed by atoms with van der Waals surface area (Å²) in [6.45, 7) is 0.650. The molecule has 2 fully saturated rings. The molecule has 15 heteroatoms. The van der Waals surface area contributed by atoms with Gasteiger partial charge in [0.2, 0.25) is 11.8 Å². The van der Waals surface area contributed by atoms with Gasteiger partial charge in [0.15, 0.2) is 17.5 Å². The predicted molar refractivity (Wildman–Crippen MR) is 127 cm³/mol. The van der Waals surface area contributed by atoms with Gasteiger partial charge in [-0.3, -0.25) is 41.1 Å². The van der Waals surface area contributed by atoms with E-state index in [1.807, 2.05) is 0 Å². The minimum atomic E-state index is -2.62. The highest BCUT2D eigenvalue weighted by molar-refractivity contribution is 6.02. The molecule has 10 N–H and O–H groups in total. The van der Waals surface area contributed by atoms with Crippen LogP contribution in [0.2, 0.25) is 0 Å². The van der Waals surface area contributed by atoms with Gasteiger partial charge < -0.3 is 25.0 Å². The Balaban J connectivity index is 1.31. The van der Waals surface area contributed by atoms with Crippen molar-refractivity contribution in [2.75, 3.05) is 26.3 Å². The van der Waals surface area contributed by atoms with Gasteiger partial charge in [0, 0.05) is 19.3 Å². The molecule has 1 spiro atoms. The lowest BCUT2D eigenvalue weighted by atomic mass is 9.85. The molecule has 0 bridgehead atoms. The number of imide groups is 1. The van der Waals surface area contributed by atoms with E-state index in [1.54, 1.807) is 18.2 Å². The van der Waals surface area contributed by atoms with E-state index in [2.05, 4.69) is 20.9 Å². The topological polar surface area (TPSA) is 218 Å². The number of amides is 3. The zero-order valence-corrected chi connectivity index (χ0v) is 20.4. The molecular formula is C23H30N8O7+2. The molecular weight excluding hydrogens is 500 g/mol. The molecule has 1 aromatic rings. The van der Waals surface area contributed by atoms with Crippen LogP contribution in [0.25, 0.3) is 0 Å². The summed E-state index contributed by atoms with van der Waals surface area (Å²) in [5.74, 6) is -3.05. The van der Waals surface area contributed by atoms with E-state index in [0.29, 0.717) is 25.4 Å². The molecule has 4 atom stereocenters. The Morgan fingerprint density at radius 2 is 1.95 bits per heavy atom. The van der Waals surface area contributed by atoms with E-state index in [1.165, 1.54) is 4.58 Å². The van der Waals surface area contributed by atoms with Gasteiger partial charge in [-0.2, -0.15) is 0 Å². The van der Waals surface area contributed by atoms with E-state index in [9.17, 15) is 24.6 Å². The molecule has 5 heterocycles. The van der Waals surface area contributed by atoms with Crippen LogP contribution in [-0.4, -0.2) is 105 Å². The van der Waals surface area contributed by atoms with Crippen LogP contribution in [-0.2, 0) is 9.59 Å². The van der Waals surface area contributed by atoms with Crippen LogP contribution >= 0.6 is 0 Å². The molecule has 0 aromatic heterocycles. The Labute approximate surface area is 216 Å². The van der Waals surface area contributed by atoms with Crippen molar-refractivity contribution in [1.82, 2.24) is 20.9 Å². The molecule has 6 rings (SSSR count). The van der Waals surface area contributed by atoms with Crippen molar-refractivity contribution in [3.8, 4) is 11.5 Å². The summed E-state index contributed by atoms with van der Waals surface area (Å²) < 4.78 is 12.9. The number of hydrogen-bond donors (Lipinski definition) is 8. The molecule has 1 aromatic carbocycles. The highest BCUT2D eigenvalue weighted by Gasteiger charge is 2.78. The number of hydrogen-bond acceptors (Lipinski definition) is 11. The maximum Gasteiger partial charge on any atom is 0.347 e. The molecule has 38 heavy (non-hydrogen) atoms. The number of ether oxygens (including phenoxy) is 2. The molecule has 1 unspecified atom stereocenters. The van der Waals surface area contributed by atoms with Gasteiger partial charge in [0.25, 0.3) is 17.4 Å². The first-order valence-corrected chi connectivity index (χ1v) is 12.4. The van der Waals surface area contributed by atoms with Gasteiger partial charge in [-0.15, -0.1) is 0 Å². The molecule has 2 saturated heterocycles. The van der Waals surface area contributed by atoms with Gasteiger partial charge in [-0.25, -0.2) is 9.89 Å². The maximum absolute atomic E-state index is 13.4. The van der Waals surface area contributed by atoms with Crippen LogP contribution in [0.4, 0.5) is 0 Å². The van der Waals surface area contributed by atoms with Crippen molar-refractivity contribution in [2.45, 2.75) is 48.8 Å². The van der Waals surface area contributed by atoms with E-state index in [4.69, 9.17) is 20.9 Å². The Hall–Kier alpha value is -4.11. The lowest BCUT2D eigenvalue weighted by molar-refractivity contribution is -0.674. The number of nitrogens with zero attached hydrogens (tertiary/aromatic N) is 2. The van der Waals surface area contributed by atoms with E-state index in [-0.39, 0.29) is 61.0 Å². The van der Waals surface area contributed by atoms with Crippen molar-refractivity contribution in [1.29, 1.82) is 0 Å². The number of para-hydroxylation sites is 1. The summed E-state index contributed by atoms with van der Waals surface area (Å²) in [4.78, 5) is 42.1. The zero-order chi connectivity index (χ0) is 26.8. The standard InChI is InChI=1S/C23H28N8O7/c24-20-28-18-12(9-30-15(32)5-6-16(30)33)26-21(25)31-10-14(23(35,36)22(18,31)29-20)27-19(34)11-3-1-4-13-17(11)38-8-2-7-37-13/h1,3-4,12,14,18,35-36H,2,5-10H2,(H6,24,25,26,27,28,29,34)/p+2/t12-,14?,18-,22-/m0/s1. The lowest BCUT2D eigenvalue weighted by Crippen LogP contribution is -2.92. The van der Waals surface area contributed by atoms with Gasteiger partial charge in [0.1, 0.15) is 12.1 Å². The minimum absolute atomic E-state index is 0.0407. The zero-order valence-electron chi connectivity index (χ0n) is 20.4. The summed E-state index contributed by atoms with van der Waals surface area (Å²) >= 11 is 0. The van der Waals surface area contributed by atoms with Crippen molar-refractivity contribution in [3.63, 3.8) is 0 Å². The second-order valence-electron chi connectivity index (χ2n) is 10.0. The van der Waals surface area contributed by atoms with E-state index < -0.39 is 35.5 Å². The van der Waals surface area contributed by atoms with Crippen molar-refractivity contribution in [3.05, 3.63) is 23.8 Å². The number of carbonyl (C=O) groups excluding carboxylic acids is 3. The first-order chi connectivity index (χ1) is 18.1. The molecule has 5 aliphatic heterocycles. The number of aliphatic hydroxyl groups is 2. The summed E-state index contributed by atoms with van der Waals surface area (Å²) in [7, 11) is 0. The van der Waals surface area contributed by atoms with Crippen LogP contribution in [0, 0.1) is 0 Å². The van der Waals surface area contributed by atoms with Crippen molar-refractivity contribution < 1.29 is 43.6 Å². The maximum atomic E-state index is 13.4. The Morgan fingerprint density at radius 3 is 2.71 bits per heavy atom. The van der Waals surface area contributed by atoms with Crippen molar-refractivity contribution in [2.24, 2.45) is 11.5 Å². The fourth-order valence-corrected chi connectivity index (χ4v) is 6.03. The number of nitrogens with two attached hydrogens (primary N) is 2. The lowest BCUT2D eigenvalue weighted by Gasteiger charge is -2.41. The first kappa shape index (κ1) is 24.2.